The maximum Gasteiger partial charge on any atom is 0.339 e. The van der Waals surface area contributed by atoms with Crippen LogP contribution in [0.25, 0.3) is 5.65 Å². The number of fused-ring (bicyclic) bond motifs is 1. The molecule has 0 unspecified atom stereocenters. The van der Waals surface area contributed by atoms with Crippen LogP contribution in [0.4, 0.5) is 0 Å². The number of aryl methyl sites for hydroxylation is 1. The number of hydrogen-bond donors (Lipinski definition) is 1. The van der Waals surface area contributed by atoms with Crippen LogP contribution in [0, 0.1) is 6.92 Å². The van der Waals surface area contributed by atoms with Crippen LogP contribution in [0.2, 0.25) is 0 Å². The van der Waals surface area contributed by atoms with Gasteiger partial charge in [0.25, 0.3) is 0 Å². The van der Waals surface area contributed by atoms with Crippen molar-refractivity contribution in [2.24, 2.45) is 0 Å². The second-order valence-corrected chi connectivity index (χ2v) is 3.36. The number of rotatable bonds is 2. The molecule has 0 bridgehead atoms. The van der Waals surface area contributed by atoms with E-state index < -0.39 is 5.97 Å². The Balaban J connectivity index is 2.80. The molecule has 2 aromatic heterocycles. The summed E-state index contributed by atoms with van der Waals surface area (Å²) in [6, 6.07) is 3.20. The van der Waals surface area contributed by atoms with Crippen molar-refractivity contribution < 1.29 is 9.90 Å². The van der Waals surface area contributed by atoms with Gasteiger partial charge in [0.15, 0.2) is 11.5 Å². The molecule has 0 aliphatic heterocycles. The van der Waals surface area contributed by atoms with E-state index >= 15 is 0 Å². The Hall–Kier alpha value is -1.62. The van der Waals surface area contributed by atoms with Gasteiger partial charge in [-0.2, -0.15) is 0 Å². The summed E-state index contributed by atoms with van der Waals surface area (Å²) < 4.78 is 1.49. The Bertz CT molecular complexity index is 535. The standard InChI is InChI=1S/C9H8ClN3O2/c1-5-2-3-6(9(14)15)8-11-7(4-10)12-13(5)8/h2-3H,4H2,1H3,(H,14,15). The Labute approximate surface area is 90.3 Å². The molecule has 0 amide bonds. The number of carboxylic acids is 1. The van der Waals surface area contributed by atoms with E-state index in [4.69, 9.17) is 16.7 Å². The fourth-order valence-electron chi connectivity index (χ4n) is 1.35. The molecule has 0 radical (unpaired) electrons. The summed E-state index contributed by atoms with van der Waals surface area (Å²) in [6.07, 6.45) is 0. The molecule has 0 saturated heterocycles. The second-order valence-electron chi connectivity index (χ2n) is 3.09. The molecule has 0 spiro atoms. The summed E-state index contributed by atoms with van der Waals surface area (Å²) in [4.78, 5) is 15.0. The molecule has 15 heavy (non-hydrogen) atoms. The Kier molecular flexibility index (Phi) is 2.32. The van der Waals surface area contributed by atoms with E-state index in [0.717, 1.165) is 5.69 Å². The number of aromatic carboxylic acids is 1. The molecule has 0 saturated carbocycles. The van der Waals surface area contributed by atoms with E-state index in [0.29, 0.717) is 11.5 Å². The smallest absolute Gasteiger partial charge is 0.339 e. The summed E-state index contributed by atoms with van der Waals surface area (Å²) >= 11 is 5.60. The number of aromatic nitrogens is 3. The highest BCUT2D eigenvalue weighted by Gasteiger charge is 2.13. The summed E-state index contributed by atoms with van der Waals surface area (Å²) in [5.41, 5.74) is 1.28. The first-order valence-electron chi connectivity index (χ1n) is 4.28. The summed E-state index contributed by atoms with van der Waals surface area (Å²) in [5.74, 6) is -0.429. The molecular weight excluding hydrogens is 218 g/mol. The van der Waals surface area contributed by atoms with E-state index in [2.05, 4.69) is 10.1 Å². The molecule has 0 aromatic carbocycles. The molecule has 0 aliphatic carbocycles. The average molecular weight is 226 g/mol. The molecule has 2 aromatic rings. The SMILES string of the molecule is Cc1ccc(C(=O)O)c2nc(CCl)nn12. The van der Waals surface area contributed by atoms with Gasteiger partial charge in [0.05, 0.1) is 5.88 Å². The number of alkyl halides is 1. The highest BCUT2D eigenvalue weighted by Crippen LogP contribution is 2.12. The first-order chi connectivity index (χ1) is 7.13. The lowest BCUT2D eigenvalue weighted by atomic mass is 10.2. The molecule has 0 fully saturated rings. The predicted octanol–water partition coefficient (Wildman–Crippen LogP) is 1.47. The van der Waals surface area contributed by atoms with Crippen molar-refractivity contribution in [1.29, 1.82) is 0 Å². The Morgan fingerprint density at radius 3 is 2.93 bits per heavy atom. The number of nitrogens with zero attached hydrogens (tertiary/aromatic N) is 3. The van der Waals surface area contributed by atoms with Gasteiger partial charge < -0.3 is 5.11 Å². The number of hydrogen-bond acceptors (Lipinski definition) is 3. The molecule has 6 heteroatoms. The topological polar surface area (TPSA) is 67.5 Å². The molecule has 78 valence electrons. The van der Waals surface area contributed by atoms with Crippen LogP contribution in [0.15, 0.2) is 12.1 Å². The van der Waals surface area contributed by atoms with Crippen LogP contribution in [0.3, 0.4) is 0 Å². The zero-order chi connectivity index (χ0) is 11.0. The highest BCUT2D eigenvalue weighted by molar-refractivity contribution is 6.16. The van der Waals surface area contributed by atoms with Crippen molar-refractivity contribution in [3.63, 3.8) is 0 Å². The first-order valence-corrected chi connectivity index (χ1v) is 4.81. The number of carbonyl (C=O) groups is 1. The Morgan fingerprint density at radius 1 is 1.60 bits per heavy atom. The van der Waals surface area contributed by atoms with Crippen LogP contribution in [0.1, 0.15) is 21.9 Å². The van der Waals surface area contributed by atoms with Gasteiger partial charge in [-0.1, -0.05) is 0 Å². The van der Waals surface area contributed by atoms with E-state index in [-0.39, 0.29) is 11.4 Å². The predicted molar refractivity (Wildman–Crippen MR) is 54.2 cm³/mol. The van der Waals surface area contributed by atoms with Crippen LogP contribution in [-0.4, -0.2) is 25.7 Å². The third kappa shape index (κ3) is 1.55. The number of halogens is 1. The minimum atomic E-state index is -1.02. The van der Waals surface area contributed by atoms with Crippen LogP contribution >= 0.6 is 11.6 Å². The van der Waals surface area contributed by atoms with E-state index in [1.165, 1.54) is 10.6 Å². The van der Waals surface area contributed by atoms with Gasteiger partial charge in [0.2, 0.25) is 0 Å². The molecule has 2 rings (SSSR count). The van der Waals surface area contributed by atoms with E-state index in [1.54, 1.807) is 6.07 Å². The van der Waals surface area contributed by atoms with Gasteiger partial charge in [-0.25, -0.2) is 14.3 Å². The van der Waals surface area contributed by atoms with Crippen LogP contribution < -0.4 is 0 Å². The van der Waals surface area contributed by atoms with E-state index in [1.807, 2.05) is 6.92 Å². The van der Waals surface area contributed by atoms with Crippen LogP contribution in [0.5, 0.6) is 0 Å². The van der Waals surface area contributed by atoms with Crippen molar-refractivity contribution >= 4 is 23.2 Å². The summed E-state index contributed by atoms with van der Waals surface area (Å²) in [5, 5.41) is 13.0. The largest absolute Gasteiger partial charge is 0.478 e. The van der Waals surface area contributed by atoms with Gasteiger partial charge in [-0.3, -0.25) is 0 Å². The van der Waals surface area contributed by atoms with Gasteiger partial charge in [0.1, 0.15) is 5.56 Å². The molecule has 1 N–H and O–H groups in total. The van der Waals surface area contributed by atoms with Gasteiger partial charge >= 0.3 is 5.97 Å². The fraction of sp³-hybridized carbons (Fsp3) is 0.222. The monoisotopic (exact) mass is 225 g/mol. The van der Waals surface area contributed by atoms with Crippen molar-refractivity contribution in [2.75, 3.05) is 0 Å². The van der Waals surface area contributed by atoms with Crippen molar-refractivity contribution in [3.8, 4) is 0 Å². The quantitative estimate of drug-likeness (QED) is 0.786. The van der Waals surface area contributed by atoms with Crippen LogP contribution in [-0.2, 0) is 5.88 Å². The lowest BCUT2D eigenvalue weighted by molar-refractivity contribution is 0.0698. The van der Waals surface area contributed by atoms with Crippen molar-refractivity contribution in [3.05, 3.63) is 29.2 Å². The van der Waals surface area contributed by atoms with Gasteiger partial charge in [0, 0.05) is 5.69 Å². The normalized spacial score (nSPS) is 10.8. The highest BCUT2D eigenvalue weighted by atomic mass is 35.5. The maximum atomic E-state index is 10.9. The van der Waals surface area contributed by atoms with Crippen molar-refractivity contribution in [2.45, 2.75) is 12.8 Å². The molecule has 2 heterocycles. The number of pyridine rings is 1. The number of carboxylic acid groups (broad SMARTS) is 1. The molecule has 5 nitrogen and oxygen atoms in total. The van der Waals surface area contributed by atoms with Crippen molar-refractivity contribution in [1.82, 2.24) is 14.6 Å². The molecular formula is C9H8ClN3O2. The lowest BCUT2D eigenvalue weighted by Gasteiger charge is -1.99. The third-order valence-electron chi connectivity index (χ3n) is 2.07. The minimum absolute atomic E-state index is 0.129. The maximum absolute atomic E-state index is 10.9. The van der Waals surface area contributed by atoms with Gasteiger partial charge in [-0.15, -0.1) is 16.7 Å². The Morgan fingerprint density at radius 2 is 2.33 bits per heavy atom. The zero-order valence-corrected chi connectivity index (χ0v) is 8.69. The fourth-order valence-corrected chi connectivity index (χ4v) is 1.46. The third-order valence-corrected chi connectivity index (χ3v) is 2.31. The molecule has 0 aliphatic rings. The van der Waals surface area contributed by atoms with E-state index in [9.17, 15) is 4.79 Å². The molecule has 0 atom stereocenters. The second kappa shape index (κ2) is 3.51. The average Bonchev–Trinajstić information content (AvgIpc) is 2.62. The summed E-state index contributed by atoms with van der Waals surface area (Å²) in [6.45, 7) is 1.82. The minimum Gasteiger partial charge on any atom is -0.478 e. The lowest BCUT2D eigenvalue weighted by Crippen LogP contribution is -2.03. The first kappa shape index (κ1) is 9.92. The summed E-state index contributed by atoms with van der Waals surface area (Å²) in [7, 11) is 0. The zero-order valence-electron chi connectivity index (χ0n) is 7.94. The van der Waals surface area contributed by atoms with Gasteiger partial charge in [-0.05, 0) is 19.1 Å².